The Morgan fingerprint density at radius 3 is 2.50 bits per heavy atom. The normalized spacial score (nSPS) is 12.0. The Labute approximate surface area is 162 Å². The van der Waals surface area contributed by atoms with Gasteiger partial charge in [-0.15, -0.1) is 0 Å². The summed E-state index contributed by atoms with van der Waals surface area (Å²) in [4.78, 5) is 12.3. The molecule has 1 amide bonds. The van der Waals surface area contributed by atoms with E-state index >= 15 is 0 Å². The molecule has 0 fully saturated rings. The lowest BCUT2D eigenvalue weighted by atomic mass is 10.1. The van der Waals surface area contributed by atoms with Crippen molar-refractivity contribution < 1.29 is 26.7 Å². The van der Waals surface area contributed by atoms with Crippen LogP contribution in [0.5, 0.6) is 5.75 Å². The second-order valence-corrected chi connectivity index (χ2v) is 8.15. The van der Waals surface area contributed by atoms with Crippen molar-refractivity contribution in [2.75, 3.05) is 19.4 Å². The third kappa shape index (κ3) is 5.37. The molecule has 0 unspecified atom stereocenters. The predicted octanol–water partition coefficient (Wildman–Crippen LogP) is 3.50. The standard InChI is InChI=1S/C19H20F2N2O4S/c1-13-8-10-15(28(25,26)23(2)3)12-16(13)22-18(24)11-9-14-6-4-5-7-17(14)27-19(20)21/h4-12,19H,1-3H3,(H,22,24)/b11-9+. The first-order valence-electron chi connectivity index (χ1n) is 8.17. The van der Waals surface area contributed by atoms with Crippen LogP contribution in [0.1, 0.15) is 11.1 Å². The Hall–Kier alpha value is -2.78. The van der Waals surface area contributed by atoms with E-state index < -0.39 is 22.5 Å². The van der Waals surface area contributed by atoms with Gasteiger partial charge in [0, 0.05) is 31.4 Å². The summed E-state index contributed by atoms with van der Waals surface area (Å²) in [5, 5.41) is 2.59. The minimum Gasteiger partial charge on any atom is -0.434 e. The minimum absolute atomic E-state index is 0.0399. The Morgan fingerprint density at radius 1 is 1.18 bits per heavy atom. The van der Waals surface area contributed by atoms with Crippen molar-refractivity contribution in [2.45, 2.75) is 18.4 Å². The van der Waals surface area contributed by atoms with E-state index in [1.165, 1.54) is 50.5 Å². The molecule has 0 atom stereocenters. The largest absolute Gasteiger partial charge is 0.434 e. The van der Waals surface area contributed by atoms with Crippen LogP contribution in [-0.4, -0.2) is 39.3 Å². The molecule has 0 aliphatic rings. The lowest BCUT2D eigenvalue weighted by Gasteiger charge is -2.14. The molecule has 0 aromatic heterocycles. The third-order valence-corrected chi connectivity index (χ3v) is 5.61. The second-order valence-electron chi connectivity index (χ2n) is 6.00. The van der Waals surface area contributed by atoms with Crippen LogP contribution < -0.4 is 10.1 Å². The zero-order valence-corrected chi connectivity index (χ0v) is 16.3. The number of anilines is 1. The average molecular weight is 410 g/mol. The van der Waals surface area contributed by atoms with Crippen LogP contribution in [0, 0.1) is 6.92 Å². The van der Waals surface area contributed by atoms with Crippen LogP contribution >= 0.6 is 0 Å². The van der Waals surface area contributed by atoms with Crippen molar-refractivity contribution >= 4 is 27.7 Å². The summed E-state index contributed by atoms with van der Waals surface area (Å²) >= 11 is 0. The summed E-state index contributed by atoms with van der Waals surface area (Å²) in [6.45, 7) is -1.26. The molecule has 2 rings (SSSR count). The highest BCUT2D eigenvalue weighted by Crippen LogP contribution is 2.23. The molecule has 150 valence electrons. The van der Waals surface area contributed by atoms with Crippen molar-refractivity contribution in [3.63, 3.8) is 0 Å². The molecule has 0 saturated carbocycles. The van der Waals surface area contributed by atoms with Crippen molar-refractivity contribution in [3.8, 4) is 5.75 Å². The highest BCUT2D eigenvalue weighted by Gasteiger charge is 2.18. The second kappa shape index (κ2) is 8.94. The maximum atomic E-state index is 12.4. The molecule has 0 saturated heterocycles. The zero-order valence-electron chi connectivity index (χ0n) is 15.5. The van der Waals surface area contributed by atoms with Crippen molar-refractivity contribution in [2.24, 2.45) is 0 Å². The number of hydrogen-bond acceptors (Lipinski definition) is 4. The van der Waals surface area contributed by atoms with E-state index in [1.807, 2.05) is 0 Å². The fourth-order valence-corrected chi connectivity index (χ4v) is 3.20. The molecule has 0 radical (unpaired) electrons. The van der Waals surface area contributed by atoms with Crippen LogP contribution in [0.3, 0.4) is 0 Å². The number of carbonyl (C=O) groups is 1. The molecule has 0 heterocycles. The molecule has 0 aliphatic heterocycles. The number of para-hydroxylation sites is 1. The molecule has 1 N–H and O–H groups in total. The molecule has 2 aromatic rings. The van der Waals surface area contributed by atoms with Gasteiger partial charge in [-0.05, 0) is 36.8 Å². The highest BCUT2D eigenvalue weighted by molar-refractivity contribution is 7.89. The number of amides is 1. The molecule has 9 heteroatoms. The fourth-order valence-electron chi connectivity index (χ4n) is 2.27. The first-order chi connectivity index (χ1) is 13.1. The number of sulfonamides is 1. The van der Waals surface area contributed by atoms with Crippen LogP contribution in [0.2, 0.25) is 0 Å². The Morgan fingerprint density at radius 2 is 1.86 bits per heavy atom. The first-order valence-corrected chi connectivity index (χ1v) is 9.61. The number of hydrogen-bond donors (Lipinski definition) is 1. The van der Waals surface area contributed by atoms with Gasteiger partial charge in [-0.1, -0.05) is 24.3 Å². The van der Waals surface area contributed by atoms with E-state index in [0.29, 0.717) is 16.8 Å². The summed E-state index contributed by atoms with van der Waals surface area (Å²) in [5.74, 6) is -0.605. The molecular weight excluding hydrogens is 390 g/mol. The Balaban J connectivity index is 2.21. The highest BCUT2D eigenvalue weighted by atomic mass is 32.2. The zero-order chi connectivity index (χ0) is 20.9. The molecular formula is C19H20F2N2O4S. The smallest absolute Gasteiger partial charge is 0.387 e. The summed E-state index contributed by atoms with van der Waals surface area (Å²) in [5.41, 5.74) is 1.30. The summed E-state index contributed by atoms with van der Waals surface area (Å²) in [6.07, 6.45) is 2.49. The Bertz CT molecular complexity index is 989. The van der Waals surface area contributed by atoms with Crippen molar-refractivity contribution in [1.82, 2.24) is 4.31 Å². The van der Waals surface area contributed by atoms with Gasteiger partial charge in [0.25, 0.3) is 0 Å². The topological polar surface area (TPSA) is 75.7 Å². The van der Waals surface area contributed by atoms with Gasteiger partial charge in [-0.2, -0.15) is 8.78 Å². The number of nitrogens with one attached hydrogen (secondary N) is 1. The van der Waals surface area contributed by atoms with E-state index in [-0.39, 0.29) is 10.6 Å². The molecule has 0 bridgehead atoms. The Kier molecular flexibility index (Phi) is 6.87. The van der Waals surface area contributed by atoms with Crippen LogP contribution in [0.25, 0.3) is 6.08 Å². The van der Waals surface area contributed by atoms with E-state index in [0.717, 1.165) is 10.4 Å². The number of alkyl halides is 2. The van der Waals surface area contributed by atoms with Gasteiger partial charge in [-0.25, -0.2) is 12.7 Å². The lowest BCUT2D eigenvalue weighted by molar-refractivity contribution is -0.111. The maximum Gasteiger partial charge on any atom is 0.387 e. The average Bonchev–Trinajstić information content (AvgIpc) is 2.62. The molecule has 0 spiro atoms. The minimum atomic E-state index is -3.65. The number of aryl methyl sites for hydroxylation is 1. The number of nitrogens with zero attached hydrogens (tertiary/aromatic N) is 1. The number of benzene rings is 2. The molecule has 28 heavy (non-hydrogen) atoms. The monoisotopic (exact) mass is 410 g/mol. The van der Waals surface area contributed by atoms with Crippen molar-refractivity contribution in [1.29, 1.82) is 0 Å². The molecule has 6 nitrogen and oxygen atoms in total. The summed E-state index contributed by atoms with van der Waals surface area (Å²) in [6, 6.07) is 10.4. The SMILES string of the molecule is Cc1ccc(S(=O)(=O)N(C)C)cc1NC(=O)/C=C/c1ccccc1OC(F)F. The van der Waals surface area contributed by atoms with E-state index in [9.17, 15) is 22.0 Å². The van der Waals surface area contributed by atoms with Gasteiger partial charge in [0.05, 0.1) is 4.90 Å². The van der Waals surface area contributed by atoms with Gasteiger partial charge in [-0.3, -0.25) is 4.79 Å². The van der Waals surface area contributed by atoms with Gasteiger partial charge < -0.3 is 10.1 Å². The third-order valence-electron chi connectivity index (χ3n) is 3.79. The maximum absolute atomic E-state index is 12.4. The quantitative estimate of drug-likeness (QED) is 0.709. The first kappa shape index (κ1) is 21.5. The summed E-state index contributed by atoms with van der Waals surface area (Å²) < 4.78 is 54.8. The predicted molar refractivity (Wildman–Crippen MR) is 103 cm³/mol. The van der Waals surface area contributed by atoms with Gasteiger partial charge in [0.15, 0.2) is 0 Å². The van der Waals surface area contributed by atoms with Gasteiger partial charge in [0.2, 0.25) is 15.9 Å². The van der Waals surface area contributed by atoms with Crippen LogP contribution in [0.4, 0.5) is 14.5 Å². The van der Waals surface area contributed by atoms with E-state index in [4.69, 9.17) is 0 Å². The number of rotatable bonds is 7. The van der Waals surface area contributed by atoms with E-state index in [2.05, 4.69) is 10.1 Å². The molecule has 0 aliphatic carbocycles. The fraction of sp³-hybridized carbons (Fsp3) is 0.211. The van der Waals surface area contributed by atoms with E-state index in [1.54, 1.807) is 19.1 Å². The van der Waals surface area contributed by atoms with Crippen LogP contribution in [-0.2, 0) is 14.8 Å². The molecule has 2 aromatic carbocycles. The van der Waals surface area contributed by atoms with Crippen LogP contribution in [0.15, 0.2) is 53.4 Å². The lowest BCUT2D eigenvalue weighted by Crippen LogP contribution is -2.22. The number of carbonyl (C=O) groups excluding carboxylic acids is 1. The van der Waals surface area contributed by atoms with Crippen molar-refractivity contribution in [3.05, 3.63) is 59.7 Å². The number of halogens is 2. The summed E-state index contributed by atoms with van der Waals surface area (Å²) in [7, 11) is -0.824. The van der Waals surface area contributed by atoms with Gasteiger partial charge in [0.1, 0.15) is 5.75 Å². The number of ether oxygens (including phenoxy) is 1. The van der Waals surface area contributed by atoms with Gasteiger partial charge >= 0.3 is 6.61 Å².